The number of hydrogen-bond donors (Lipinski definition) is 0. The Morgan fingerprint density at radius 2 is 0.763 bits per heavy atom. The molecule has 0 saturated carbocycles. The molecule has 0 radical (unpaired) electrons. The molecule has 76 heavy (non-hydrogen) atoms. The highest BCUT2D eigenvalue weighted by Crippen LogP contribution is 2.51. The SMILES string of the molecule is CC(C)(C)c1ccc2c(c1)B1c3cc(C(C)(C)C)ccc3Oc3c(-c4ccc([Si](c5ccccc5)(c5ccccc5)c5ccccc5)c5ccccc45)cc(-c4c(-c5ccccc5)cccc4-c4ccccc4)c(c31)O2. The Bertz CT molecular complexity index is 3810. The van der Waals surface area contributed by atoms with E-state index in [4.69, 9.17) is 9.47 Å². The molecule has 0 unspecified atom stereocenters. The zero-order valence-electron chi connectivity index (χ0n) is 44.1. The van der Waals surface area contributed by atoms with Gasteiger partial charge < -0.3 is 9.47 Å². The smallest absolute Gasteiger partial charge is 0.260 e. The third-order valence-electron chi connectivity index (χ3n) is 16.1. The lowest BCUT2D eigenvalue weighted by molar-refractivity contribution is 0.466. The topological polar surface area (TPSA) is 18.5 Å². The zero-order chi connectivity index (χ0) is 51.8. The molecular weight excluding hydrogens is 936 g/mol. The van der Waals surface area contributed by atoms with Crippen LogP contribution in [0, 0.1) is 0 Å². The van der Waals surface area contributed by atoms with Gasteiger partial charge in [-0.25, -0.2) is 0 Å². The summed E-state index contributed by atoms with van der Waals surface area (Å²) in [5, 5.41) is 7.75. The van der Waals surface area contributed by atoms with Crippen LogP contribution in [-0.4, -0.2) is 14.8 Å². The van der Waals surface area contributed by atoms with Gasteiger partial charge in [-0.05, 0) is 110 Å². The lowest BCUT2D eigenvalue weighted by atomic mass is 9.34. The molecular formula is C72H59BO2Si. The van der Waals surface area contributed by atoms with Crippen molar-refractivity contribution in [2.75, 3.05) is 0 Å². The third-order valence-corrected chi connectivity index (χ3v) is 20.9. The number of rotatable bonds is 8. The van der Waals surface area contributed by atoms with Crippen molar-refractivity contribution in [2.45, 2.75) is 52.4 Å². The molecule has 13 rings (SSSR count). The molecule has 0 saturated heterocycles. The van der Waals surface area contributed by atoms with E-state index >= 15 is 0 Å². The van der Waals surface area contributed by atoms with Gasteiger partial charge in [0.25, 0.3) is 6.71 Å². The normalized spacial score (nSPS) is 12.8. The van der Waals surface area contributed by atoms with Crippen LogP contribution in [0.3, 0.4) is 0 Å². The second-order valence-corrected chi connectivity index (χ2v) is 26.5. The second-order valence-electron chi connectivity index (χ2n) is 22.7. The van der Waals surface area contributed by atoms with Crippen LogP contribution in [-0.2, 0) is 10.8 Å². The molecule has 11 aromatic carbocycles. The fraction of sp³-hybridized carbons (Fsp3) is 0.111. The number of hydrogen-bond acceptors (Lipinski definition) is 2. The number of benzene rings is 11. The predicted molar refractivity (Wildman–Crippen MR) is 324 cm³/mol. The number of ether oxygens (including phenoxy) is 2. The highest BCUT2D eigenvalue weighted by Gasteiger charge is 2.46. The quantitative estimate of drug-likeness (QED) is 0.112. The van der Waals surface area contributed by atoms with Gasteiger partial charge in [0.15, 0.2) is 8.07 Å². The van der Waals surface area contributed by atoms with Gasteiger partial charge >= 0.3 is 0 Å². The lowest BCUT2D eigenvalue weighted by Crippen LogP contribution is -2.74. The van der Waals surface area contributed by atoms with Crippen molar-refractivity contribution < 1.29 is 9.47 Å². The van der Waals surface area contributed by atoms with Crippen LogP contribution in [0.1, 0.15) is 52.7 Å². The van der Waals surface area contributed by atoms with Crippen molar-refractivity contribution in [2.24, 2.45) is 0 Å². The van der Waals surface area contributed by atoms with E-state index in [2.05, 4.69) is 290 Å². The van der Waals surface area contributed by atoms with Gasteiger partial charge in [0.2, 0.25) is 0 Å². The summed E-state index contributed by atoms with van der Waals surface area (Å²) in [4.78, 5) is 0. The summed E-state index contributed by atoms with van der Waals surface area (Å²) in [6, 6.07) is 92.3. The Balaban J connectivity index is 1.18. The van der Waals surface area contributed by atoms with Crippen molar-refractivity contribution in [1.82, 2.24) is 0 Å². The molecule has 0 bridgehead atoms. The van der Waals surface area contributed by atoms with Crippen molar-refractivity contribution in [1.29, 1.82) is 0 Å². The molecule has 0 spiro atoms. The van der Waals surface area contributed by atoms with Crippen molar-refractivity contribution in [3.05, 3.63) is 260 Å². The van der Waals surface area contributed by atoms with E-state index in [0.29, 0.717) is 0 Å². The van der Waals surface area contributed by atoms with E-state index in [-0.39, 0.29) is 17.5 Å². The minimum absolute atomic E-state index is 0.0932. The molecule has 11 aromatic rings. The van der Waals surface area contributed by atoms with Gasteiger partial charge in [-0.15, -0.1) is 0 Å². The Morgan fingerprint density at radius 3 is 1.22 bits per heavy atom. The van der Waals surface area contributed by atoms with E-state index in [1.54, 1.807) is 0 Å². The van der Waals surface area contributed by atoms with Gasteiger partial charge in [0.1, 0.15) is 23.0 Å². The van der Waals surface area contributed by atoms with E-state index in [0.717, 1.165) is 83.9 Å². The highest BCUT2D eigenvalue weighted by atomic mass is 28.3. The van der Waals surface area contributed by atoms with E-state index in [9.17, 15) is 0 Å². The summed E-state index contributed by atoms with van der Waals surface area (Å²) in [7, 11) is -2.97. The number of fused-ring (bicyclic) bond motifs is 5. The third kappa shape index (κ3) is 7.77. The maximum Gasteiger partial charge on any atom is 0.260 e. The lowest BCUT2D eigenvalue weighted by Gasteiger charge is -2.37. The predicted octanol–water partition coefficient (Wildman–Crippen LogP) is 14.2. The molecule has 4 heteroatoms. The molecule has 2 nitrogen and oxygen atoms in total. The van der Waals surface area contributed by atoms with Crippen LogP contribution < -0.4 is 46.6 Å². The van der Waals surface area contributed by atoms with Gasteiger partial charge in [-0.1, -0.05) is 272 Å². The average Bonchev–Trinajstić information content (AvgIpc) is 3.64. The van der Waals surface area contributed by atoms with Crippen molar-refractivity contribution in [3.8, 4) is 67.5 Å². The minimum Gasteiger partial charge on any atom is -0.458 e. The van der Waals surface area contributed by atoms with Crippen LogP contribution >= 0.6 is 0 Å². The minimum atomic E-state index is -2.97. The Labute approximate surface area is 449 Å². The van der Waals surface area contributed by atoms with Gasteiger partial charge in [0.05, 0.1) is 0 Å². The van der Waals surface area contributed by atoms with Gasteiger partial charge in [-0.2, -0.15) is 0 Å². The van der Waals surface area contributed by atoms with Crippen LogP contribution in [0.2, 0.25) is 0 Å². The van der Waals surface area contributed by atoms with Gasteiger partial charge in [0, 0.05) is 22.2 Å². The zero-order valence-corrected chi connectivity index (χ0v) is 45.1. The Kier molecular flexibility index (Phi) is 11.5. The summed E-state index contributed by atoms with van der Waals surface area (Å²) >= 11 is 0. The molecule has 2 aliphatic rings. The summed E-state index contributed by atoms with van der Waals surface area (Å²) in [6.07, 6.45) is 0. The van der Waals surface area contributed by atoms with Crippen LogP contribution in [0.5, 0.6) is 23.0 Å². The first-order valence-corrected chi connectivity index (χ1v) is 28.8. The molecule has 0 aliphatic carbocycles. The van der Waals surface area contributed by atoms with E-state index < -0.39 is 8.07 Å². The van der Waals surface area contributed by atoms with E-state index in [1.807, 2.05) is 0 Å². The molecule has 2 aliphatic heterocycles. The molecule has 366 valence electrons. The Hall–Kier alpha value is -8.44. The van der Waals surface area contributed by atoms with Gasteiger partial charge in [-0.3, -0.25) is 0 Å². The molecule has 0 N–H and O–H groups in total. The first-order chi connectivity index (χ1) is 37.0. The van der Waals surface area contributed by atoms with Crippen molar-refractivity contribution in [3.63, 3.8) is 0 Å². The molecule has 0 atom stereocenters. The highest BCUT2D eigenvalue weighted by molar-refractivity contribution is 7.20. The molecule has 0 fully saturated rings. The van der Waals surface area contributed by atoms with E-state index in [1.165, 1.54) is 42.6 Å². The standard InChI is InChI=1S/C72H59BO2Si/c1-71(2,3)50-39-42-64-62(45-50)73-63-46-51(72(4,5)6)40-43-65(63)75-70-61(67-55(48-25-12-7-13-26-48)37-24-38-56(67)49-27-14-8-15-28-49)47-60(69(74-64)68(70)73)58-41-44-66(59-36-23-22-35-57(58)59)76(52-29-16-9-17-30-52,53-31-18-10-19-32-53)54-33-20-11-21-34-54/h7-47H,1-6H3. The first-order valence-electron chi connectivity index (χ1n) is 26.8. The monoisotopic (exact) mass is 994 g/mol. The van der Waals surface area contributed by atoms with Crippen LogP contribution in [0.25, 0.3) is 55.3 Å². The molecule has 2 heterocycles. The second kappa shape index (κ2) is 18.4. The fourth-order valence-electron chi connectivity index (χ4n) is 12.4. The molecule has 0 aromatic heterocycles. The fourth-order valence-corrected chi connectivity index (χ4v) is 17.3. The Morgan fingerprint density at radius 1 is 0.342 bits per heavy atom. The summed E-state index contributed by atoms with van der Waals surface area (Å²) in [5.41, 5.74) is 14.5. The first kappa shape index (κ1) is 47.3. The van der Waals surface area contributed by atoms with Crippen LogP contribution in [0.4, 0.5) is 0 Å². The van der Waals surface area contributed by atoms with Crippen molar-refractivity contribution >= 4 is 62.7 Å². The average molecular weight is 995 g/mol. The summed E-state index contributed by atoms with van der Waals surface area (Å²) < 4.78 is 15.2. The molecule has 0 amide bonds. The maximum absolute atomic E-state index is 7.59. The maximum atomic E-state index is 7.59. The summed E-state index contributed by atoms with van der Waals surface area (Å²) in [6.45, 7) is 13.6. The van der Waals surface area contributed by atoms with Crippen LogP contribution in [0.15, 0.2) is 249 Å². The summed E-state index contributed by atoms with van der Waals surface area (Å²) in [5.74, 6) is 3.41. The largest absolute Gasteiger partial charge is 0.458 e.